The van der Waals surface area contributed by atoms with Crippen LogP contribution in [-0.2, 0) is 6.42 Å². The molecule has 1 N–H and O–H groups in total. The number of nitrogens with one attached hydrogen (secondary N) is 1. The summed E-state index contributed by atoms with van der Waals surface area (Å²) in [5.74, 6) is 0.752. The van der Waals surface area contributed by atoms with Crippen LogP contribution < -0.4 is 10.1 Å². The van der Waals surface area contributed by atoms with Crippen molar-refractivity contribution in [3.63, 3.8) is 0 Å². The second-order valence-corrected chi connectivity index (χ2v) is 3.73. The van der Waals surface area contributed by atoms with Crippen molar-refractivity contribution >= 4 is 22.9 Å². The Morgan fingerprint density at radius 1 is 1.56 bits per heavy atom. The van der Waals surface area contributed by atoms with E-state index in [4.69, 9.17) is 23.5 Å². The monoisotopic (exact) mass is 234 g/mol. The van der Waals surface area contributed by atoms with Crippen LogP contribution in [0.4, 0.5) is 5.69 Å². The molecule has 4 heteroatoms. The molecule has 1 aromatic carbocycles. The fourth-order valence-electron chi connectivity index (χ4n) is 1.37. The third-order valence-electron chi connectivity index (χ3n) is 2.13. The summed E-state index contributed by atoms with van der Waals surface area (Å²) < 4.78 is 5.13. The van der Waals surface area contributed by atoms with Gasteiger partial charge in [-0.15, -0.1) is 0 Å². The van der Waals surface area contributed by atoms with Gasteiger partial charge in [0.15, 0.2) is 5.69 Å². The van der Waals surface area contributed by atoms with E-state index < -0.39 is 0 Å². The van der Waals surface area contributed by atoms with Crippen LogP contribution in [0.15, 0.2) is 18.2 Å². The second-order valence-electron chi connectivity index (χ2n) is 3.24. The number of hydrogen-bond acceptors (Lipinski definition) is 2. The first-order valence-electron chi connectivity index (χ1n) is 5.02. The first kappa shape index (κ1) is 12.5. The summed E-state index contributed by atoms with van der Waals surface area (Å²) in [5.41, 5.74) is 1.53. The molecule has 0 bridgehead atoms. The summed E-state index contributed by atoms with van der Waals surface area (Å²) in [6, 6.07) is 5.40. The van der Waals surface area contributed by atoms with Crippen molar-refractivity contribution in [2.75, 3.05) is 13.7 Å². The van der Waals surface area contributed by atoms with Gasteiger partial charge < -0.3 is 10.1 Å². The van der Waals surface area contributed by atoms with Gasteiger partial charge in [-0.3, -0.25) is 0 Å². The lowest BCUT2D eigenvalue weighted by Crippen LogP contribution is -2.22. The average Bonchev–Trinajstić information content (AvgIpc) is 2.29. The first-order valence-corrected chi connectivity index (χ1v) is 5.43. The second kappa shape index (κ2) is 6.09. The number of methoxy groups -OCH3 is 1. The lowest BCUT2D eigenvalue weighted by molar-refractivity contribution is 0.414. The highest BCUT2D eigenvalue weighted by Crippen LogP contribution is 2.25. The Bertz CT molecular complexity index is 424. The van der Waals surface area contributed by atoms with E-state index in [2.05, 4.69) is 10.2 Å². The SMILES string of the molecule is [C-]#[N+]c1ccc(OC)cc1CC(=S)NCC. The molecular formula is C12H14N2OS. The van der Waals surface area contributed by atoms with Crippen molar-refractivity contribution in [3.05, 3.63) is 35.2 Å². The summed E-state index contributed by atoms with van der Waals surface area (Å²) in [5, 5.41) is 3.07. The van der Waals surface area contributed by atoms with E-state index in [0.717, 1.165) is 22.8 Å². The molecule has 3 nitrogen and oxygen atoms in total. The minimum atomic E-state index is 0.581. The zero-order valence-corrected chi connectivity index (χ0v) is 10.2. The molecule has 0 radical (unpaired) electrons. The Morgan fingerprint density at radius 3 is 2.88 bits per heavy atom. The molecule has 0 fully saturated rings. The number of thiocarbonyl (C=S) groups is 1. The van der Waals surface area contributed by atoms with Gasteiger partial charge in [-0.05, 0) is 24.6 Å². The van der Waals surface area contributed by atoms with Gasteiger partial charge in [-0.25, -0.2) is 4.85 Å². The largest absolute Gasteiger partial charge is 0.497 e. The minimum absolute atomic E-state index is 0.581. The van der Waals surface area contributed by atoms with E-state index in [1.807, 2.05) is 13.0 Å². The maximum atomic E-state index is 7.08. The number of benzene rings is 1. The number of likely N-dealkylation sites (N-methyl/N-ethyl adjacent to an activating group) is 1. The van der Waals surface area contributed by atoms with Crippen LogP contribution in [0.5, 0.6) is 5.75 Å². The van der Waals surface area contributed by atoms with E-state index in [-0.39, 0.29) is 0 Å². The van der Waals surface area contributed by atoms with Crippen molar-refractivity contribution < 1.29 is 4.74 Å². The molecule has 0 saturated heterocycles. The Kier molecular flexibility index (Phi) is 4.74. The standard InChI is InChI=1S/C12H14N2OS/c1-4-14-12(16)8-9-7-10(15-3)5-6-11(9)13-2/h5-7H,4,8H2,1,3H3,(H,14,16). The molecule has 1 aromatic rings. The van der Waals surface area contributed by atoms with Crippen LogP contribution in [0.1, 0.15) is 12.5 Å². The van der Waals surface area contributed by atoms with Gasteiger partial charge in [0.05, 0.1) is 18.7 Å². The molecule has 1 rings (SSSR count). The summed E-state index contributed by atoms with van der Waals surface area (Å²) in [6.45, 7) is 9.87. The average molecular weight is 234 g/mol. The lowest BCUT2D eigenvalue weighted by atomic mass is 10.1. The molecule has 0 aliphatic heterocycles. The van der Waals surface area contributed by atoms with Crippen LogP contribution in [0.2, 0.25) is 0 Å². The predicted octanol–water partition coefficient (Wildman–Crippen LogP) is 2.73. The van der Waals surface area contributed by atoms with Crippen molar-refractivity contribution in [2.45, 2.75) is 13.3 Å². The fraction of sp³-hybridized carbons (Fsp3) is 0.333. The summed E-state index contributed by atoms with van der Waals surface area (Å²) in [4.78, 5) is 4.22. The van der Waals surface area contributed by atoms with Crippen LogP contribution in [0.3, 0.4) is 0 Å². The highest BCUT2D eigenvalue weighted by atomic mass is 32.1. The molecule has 0 saturated carbocycles. The number of hydrogen-bond donors (Lipinski definition) is 1. The number of nitrogens with zero attached hydrogens (tertiary/aromatic N) is 1. The smallest absolute Gasteiger partial charge is 0.191 e. The molecule has 0 amide bonds. The van der Waals surface area contributed by atoms with Gasteiger partial charge in [0.25, 0.3) is 0 Å². The Labute approximate surface area is 101 Å². The molecule has 0 unspecified atom stereocenters. The normalized spacial score (nSPS) is 9.31. The van der Waals surface area contributed by atoms with Crippen LogP contribution in [0, 0.1) is 6.57 Å². The van der Waals surface area contributed by atoms with E-state index in [9.17, 15) is 0 Å². The number of ether oxygens (including phenoxy) is 1. The summed E-state index contributed by atoms with van der Waals surface area (Å²) in [6.07, 6.45) is 0.581. The third kappa shape index (κ3) is 3.21. The van der Waals surface area contributed by atoms with Gasteiger partial charge in [0, 0.05) is 13.0 Å². The maximum Gasteiger partial charge on any atom is 0.191 e. The first-order chi connectivity index (χ1) is 7.71. The molecule has 84 valence electrons. The lowest BCUT2D eigenvalue weighted by Gasteiger charge is -2.08. The van der Waals surface area contributed by atoms with Gasteiger partial charge in [-0.2, -0.15) is 0 Å². The van der Waals surface area contributed by atoms with E-state index in [0.29, 0.717) is 12.1 Å². The minimum Gasteiger partial charge on any atom is -0.497 e. The van der Waals surface area contributed by atoms with Crippen molar-refractivity contribution in [2.24, 2.45) is 0 Å². The van der Waals surface area contributed by atoms with E-state index >= 15 is 0 Å². The Hall–Kier alpha value is -1.60. The zero-order chi connectivity index (χ0) is 12.0. The molecule has 16 heavy (non-hydrogen) atoms. The van der Waals surface area contributed by atoms with Crippen LogP contribution >= 0.6 is 12.2 Å². The predicted molar refractivity (Wildman–Crippen MR) is 69.2 cm³/mol. The van der Waals surface area contributed by atoms with Crippen LogP contribution in [-0.4, -0.2) is 18.6 Å². The Morgan fingerprint density at radius 2 is 2.31 bits per heavy atom. The van der Waals surface area contributed by atoms with E-state index in [1.54, 1.807) is 19.2 Å². The molecular weight excluding hydrogens is 220 g/mol. The molecule has 0 aliphatic rings. The van der Waals surface area contributed by atoms with Gasteiger partial charge in [0.2, 0.25) is 0 Å². The van der Waals surface area contributed by atoms with Crippen molar-refractivity contribution in [3.8, 4) is 5.75 Å². The van der Waals surface area contributed by atoms with Gasteiger partial charge in [-0.1, -0.05) is 18.3 Å². The topological polar surface area (TPSA) is 25.6 Å². The van der Waals surface area contributed by atoms with Gasteiger partial charge in [0.1, 0.15) is 5.75 Å². The highest BCUT2D eigenvalue weighted by molar-refractivity contribution is 7.80. The highest BCUT2D eigenvalue weighted by Gasteiger charge is 2.06. The van der Waals surface area contributed by atoms with Crippen molar-refractivity contribution in [1.82, 2.24) is 5.32 Å². The van der Waals surface area contributed by atoms with Gasteiger partial charge >= 0.3 is 0 Å². The maximum absolute atomic E-state index is 7.08. The summed E-state index contributed by atoms with van der Waals surface area (Å²) in [7, 11) is 1.61. The third-order valence-corrected chi connectivity index (χ3v) is 2.42. The quantitative estimate of drug-likeness (QED) is 0.640. The molecule has 0 spiro atoms. The van der Waals surface area contributed by atoms with Crippen molar-refractivity contribution in [1.29, 1.82) is 0 Å². The van der Waals surface area contributed by atoms with E-state index in [1.165, 1.54) is 0 Å². The molecule has 0 heterocycles. The fourth-order valence-corrected chi connectivity index (χ4v) is 1.67. The summed E-state index contributed by atoms with van der Waals surface area (Å²) >= 11 is 5.17. The zero-order valence-electron chi connectivity index (χ0n) is 9.41. The Balaban J connectivity index is 2.92. The number of rotatable bonds is 4. The molecule has 0 aromatic heterocycles. The molecule has 0 aliphatic carbocycles. The molecule has 0 atom stereocenters. The van der Waals surface area contributed by atoms with Crippen LogP contribution in [0.25, 0.3) is 4.85 Å².